The molecule has 5 heteroatoms. The number of amides is 1. The molecule has 1 atom stereocenters. The maximum atomic E-state index is 11.1. The summed E-state index contributed by atoms with van der Waals surface area (Å²) in [5, 5.41) is 20.2. The predicted octanol–water partition coefficient (Wildman–Crippen LogP) is 2.78. The van der Waals surface area contributed by atoms with Crippen molar-refractivity contribution in [2.45, 2.75) is 83.7 Å². The molecule has 0 heterocycles. The predicted molar refractivity (Wildman–Crippen MR) is 93.4 cm³/mol. The highest BCUT2D eigenvalue weighted by atomic mass is 16.5. The van der Waals surface area contributed by atoms with Crippen LogP contribution in [-0.4, -0.2) is 48.6 Å². The molecule has 0 aliphatic heterocycles. The molecule has 0 spiro atoms. The van der Waals surface area contributed by atoms with Crippen molar-refractivity contribution in [1.82, 2.24) is 5.32 Å². The Morgan fingerprint density at radius 1 is 0.913 bits per heavy atom. The van der Waals surface area contributed by atoms with Gasteiger partial charge in [-0.25, -0.2) is 0 Å². The topological polar surface area (TPSA) is 78.8 Å². The quantitative estimate of drug-likeness (QED) is 0.358. The van der Waals surface area contributed by atoms with E-state index in [-0.39, 0.29) is 0 Å². The first-order valence-electron chi connectivity index (χ1n) is 9.36. The van der Waals surface area contributed by atoms with Gasteiger partial charge in [-0.1, -0.05) is 64.7 Å². The molecule has 0 aliphatic rings. The molecule has 0 aromatic rings. The van der Waals surface area contributed by atoms with E-state index in [0.717, 1.165) is 19.4 Å². The van der Waals surface area contributed by atoms with Gasteiger partial charge in [0.1, 0.15) is 0 Å². The van der Waals surface area contributed by atoms with Gasteiger partial charge in [-0.2, -0.15) is 0 Å². The highest BCUT2D eigenvalue weighted by Crippen LogP contribution is 2.10. The average molecular weight is 331 g/mol. The van der Waals surface area contributed by atoms with Crippen molar-refractivity contribution in [1.29, 1.82) is 0 Å². The Morgan fingerprint density at radius 3 is 2.00 bits per heavy atom. The maximum Gasteiger partial charge on any atom is 0.251 e. The van der Waals surface area contributed by atoms with Crippen molar-refractivity contribution in [2.75, 3.05) is 26.4 Å². The number of nitrogens with one attached hydrogen (secondary N) is 1. The molecule has 5 nitrogen and oxygen atoms in total. The van der Waals surface area contributed by atoms with Crippen LogP contribution in [0.15, 0.2) is 0 Å². The molecule has 138 valence electrons. The van der Waals surface area contributed by atoms with E-state index >= 15 is 0 Å². The third-order valence-corrected chi connectivity index (χ3v) is 3.88. The summed E-state index contributed by atoms with van der Waals surface area (Å²) in [6.07, 6.45) is 12.6. The van der Waals surface area contributed by atoms with Gasteiger partial charge < -0.3 is 20.3 Å². The van der Waals surface area contributed by atoms with Gasteiger partial charge in [0.2, 0.25) is 0 Å². The molecular weight excluding hydrogens is 294 g/mol. The molecule has 0 radical (unpaired) electrons. The Labute approximate surface area is 141 Å². The van der Waals surface area contributed by atoms with Crippen LogP contribution in [0.4, 0.5) is 0 Å². The number of rotatable bonds is 17. The molecule has 3 N–H and O–H groups in total. The summed E-state index contributed by atoms with van der Waals surface area (Å²) in [6, 6.07) is 0. The molecule has 1 unspecified atom stereocenters. The van der Waals surface area contributed by atoms with Gasteiger partial charge >= 0.3 is 0 Å². The first-order chi connectivity index (χ1) is 11.2. The zero-order chi connectivity index (χ0) is 17.2. The highest BCUT2D eigenvalue weighted by Gasteiger charge is 2.11. The lowest BCUT2D eigenvalue weighted by atomic mass is 10.1. The van der Waals surface area contributed by atoms with Crippen LogP contribution in [0.25, 0.3) is 0 Å². The minimum absolute atomic E-state index is 0.466. The number of aliphatic hydroxyl groups excluding tert-OH is 2. The lowest BCUT2D eigenvalue weighted by Gasteiger charge is -2.09. The van der Waals surface area contributed by atoms with Crippen molar-refractivity contribution in [2.24, 2.45) is 0 Å². The largest absolute Gasteiger partial charge is 0.393 e. The van der Waals surface area contributed by atoms with Gasteiger partial charge in [0.15, 0.2) is 6.10 Å². The van der Waals surface area contributed by atoms with E-state index in [1.165, 1.54) is 57.8 Å². The van der Waals surface area contributed by atoms with Gasteiger partial charge in [0, 0.05) is 19.8 Å². The Bertz CT molecular complexity index is 261. The molecule has 0 aromatic carbocycles. The molecule has 0 aromatic heterocycles. The van der Waals surface area contributed by atoms with Crippen LogP contribution in [0.5, 0.6) is 0 Å². The van der Waals surface area contributed by atoms with Crippen molar-refractivity contribution >= 4 is 5.91 Å². The van der Waals surface area contributed by atoms with E-state index in [9.17, 15) is 4.79 Å². The van der Waals surface area contributed by atoms with Crippen LogP contribution in [0.2, 0.25) is 0 Å². The molecule has 0 aliphatic carbocycles. The number of carbonyl (C=O) groups excluding carboxylic acids is 1. The SMILES string of the molecule is CCCCCCCCCCCCOCCCNC(=O)C(O)CO. The number of hydrogen-bond acceptors (Lipinski definition) is 4. The minimum Gasteiger partial charge on any atom is -0.393 e. The number of aliphatic hydroxyl groups is 2. The summed E-state index contributed by atoms with van der Waals surface area (Å²) < 4.78 is 5.51. The second-order valence-corrected chi connectivity index (χ2v) is 6.14. The van der Waals surface area contributed by atoms with E-state index in [1.54, 1.807) is 0 Å². The van der Waals surface area contributed by atoms with Crippen LogP contribution >= 0.6 is 0 Å². The maximum absolute atomic E-state index is 11.1. The van der Waals surface area contributed by atoms with Crippen molar-refractivity contribution in [3.63, 3.8) is 0 Å². The van der Waals surface area contributed by atoms with Crippen LogP contribution in [0.1, 0.15) is 77.6 Å². The van der Waals surface area contributed by atoms with E-state index in [2.05, 4.69) is 12.2 Å². The molecule has 0 saturated carbocycles. The highest BCUT2D eigenvalue weighted by molar-refractivity contribution is 5.80. The summed E-state index contributed by atoms with van der Waals surface area (Å²) in [6.45, 7) is 3.57. The second-order valence-electron chi connectivity index (χ2n) is 6.14. The van der Waals surface area contributed by atoms with Gasteiger partial charge in [-0.3, -0.25) is 4.79 Å². The minimum atomic E-state index is -1.32. The van der Waals surface area contributed by atoms with Crippen molar-refractivity contribution in [3.05, 3.63) is 0 Å². The van der Waals surface area contributed by atoms with Gasteiger partial charge in [-0.15, -0.1) is 0 Å². The first kappa shape index (κ1) is 22.4. The van der Waals surface area contributed by atoms with Crippen LogP contribution in [0, 0.1) is 0 Å². The number of ether oxygens (including phenoxy) is 1. The molecule has 1 amide bonds. The summed E-state index contributed by atoms with van der Waals surface area (Å²) in [5.41, 5.74) is 0. The number of carbonyl (C=O) groups is 1. The van der Waals surface area contributed by atoms with E-state index in [0.29, 0.717) is 13.2 Å². The zero-order valence-electron chi connectivity index (χ0n) is 14.9. The van der Waals surface area contributed by atoms with E-state index in [4.69, 9.17) is 14.9 Å². The Hall–Kier alpha value is -0.650. The van der Waals surface area contributed by atoms with Gasteiger partial charge in [0.25, 0.3) is 5.91 Å². The first-order valence-corrected chi connectivity index (χ1v) is 9.36. The fourth-order valence-corrected chi connectivity index (χ4v) is 2.38. The van der Waals surface area contributed by atoms with Gasteiger partial charge in [-0.05, 0) is 12.8 Å². The molecule has 0 fully saturated rings. The lowest BCUT2D eigenvalue weighted by Crippen LogP contribution is -2.37. The lowest BCUT2D eigenvalue weighted by molar-refractivity contribution is -0.131. The molecular formula is C18H37NO4. The molecule has 23 heavy (non-hydrogen) atoms. The monoisotopic (exact) mass is 331 g/mol. The van der Waals surface area contributed by atoms with Crippen LogP contribution in [-0.2, 0) is 9.53 Å². The number of hydrogen-bond donors (Lipinski definition) is 3. The Morgan fingerprint density at radius 2 is 1.43 bits per heavy atom. The van der Waals surface area contributed by atoms with Crippen molar-refractivity contribution in [3.8, 4) is 0 Å². The summed E-state index contributed by atoms with van der Waals surface area (Å²) >= 11 is 0. The Kier molecular flexibility index (Phi) is 17.2. The normalized spacial score (nSPS) is 12.3. The fraction of sp³-hybridized carbons (Fsp3) is 0.944. The zero-order valence-corrected chi connectivity index (χ0v) is 14.9. The molecule has 0 rings (SSSR count). The van der Waals surface area contributed by atoms with Gasteiger partial charge in [0.05, 0.1) is 6.61 Å². The smallest absolute Gasteiger partial charge is 0.251 e. The average Bonchev–Trinajstić information content (AvgIpc) is 2.57. The Balaban J connectivity index is 3.09. The standard InChI is InChI=1S/C18H37NO4/c1-2-3-4-5-6-7-8-9-10-11-14-23-15-12-13-19-18(22)17(21)16-20/h17,20-21H,2-16H2,1H3,(H,19,22). The third-order valence-electron chi connectivity index (χ3n) is 3.88. The molecule has 0 saturated heterocycles. The number of unbranched alkanes of at least 4 members (excludes halogenated alkanes) is 9. The summed E-state index contributed by atoms with van der Waals surface area (Å²) in [5.74, 6) is -0.526. The van der Waals surface area contributed by atoms with Crippen molar-refractivity contribution < 1.29 is 19.7 Å². The molecule has 0 bridgehead atoms. The fourth-order valence-electron chi connectivity index (χ4n) is 2.38. The second kappa shape index (κ2) is 17.7. The van der Waals surface area contributed by atoms with Crippen LogP contribution < -0.4 is 5.32 Å². The van der Waals surface area contributed by atoms with E-state index in [1.807, 2.05) is 0 Å². The van der Waals surface area contributed by atoms with Crippen LogP contribution in [0.3, 0.4) is 0 Å². The van der Waals surface area contributed by atoms with E-state index < -0.39 is 18.6 Å². The summed E-state index contributed by atoms with van der Waals surface area (Å²) in [7, 11) is 0. The summed E-state index contributed by atoms with van der Waals surface area (Å²) in [4.78, 5) is 11.1. The third kappa shape index (κ3) is 16.0.